The molecule has 1 unspecified atom stereocenters. The fraction of sp³-hybridized carbons (Fsp3) is 0.538. The molecule has 0 aliphatic carbocycles. The number of nitrogens with zero attached hydrogens (tertiary/aromatic N) is 1. The van der Waals surface area contributed by atoms with E-state index in [1.807, 2.05) is 24.4 Å². The van der Waals surface area contributed by atoms with Crippen LogP contribution in [0.2, 0.25) is 0 Å². The molecule has 2 rings (SSSR count). The molecule has 0 N–H and O–H groups in total. The molecule has 1 amide bonds. The third kappa shape index (κ3) is 3.73. The first-order valence-corrected chi connectivity index (χ1v) is 8.32. The standard InChI is InChI=1S/C13H17NO3S2/c1-2-5-17-13(16)11-8-18-9-14(11)12(15)7-10-4-3-6-19-10/h3-4,6,11H,2,5,7-9H2,1H3. The Labute approximate surface area is 121 Å². The number of carbonyl (C=O) groups excluding carboxylic acids is 2. The molecule has 1 aromatic heterocycles. The van der Waals surface area contributed by atoms with Crippen molar-refractivity contribution < 1.29 is 14.3 Å². The van der Waals surface area contributed by atoms with E-state index < -0.39 is 6.04 Å². The van der Waals surface area contributed by atoms with Crippen LogP contribution in [0, 0.1) is 0 Å². The number of amides is 1. The zero-order valence-corrected chi connectivity index (χ0v) is 12.5. The lowest BCUT2D eigenvalue weighted by Crippen LogP contribution is -2.43. The SMILES string of the molecule is CCCOC(=O)C1CSCN1C(=O)Cc1cccs1. The van der Waals surface area contributed by atoms with Crippen LogP contribution in [0.4, 0.5) is 0 Å². The summed E-state index contributed by atoms with van der Waals surface area (Å²) in [6.45, 7) is 2.38. The highest BCUT2D eigenvalue weighted by Gasteiger charge is 2.35. The van der Waals surface area contributed by atoms with E-state index in [0.29, 0.717) is 24.7 Å². The summed E-state index contributed by atoms with van der Waals surface area (Å²) in [5, 5.41) is 1.95. The molecule has 0 saturated carbocycles. The highest BCUT2D eigenvalue weighted by atomic mass is 32.2. The van der Waals surface area contributed by atoms with Gasteiger partial charge in [0.2, 0.25) is 5.91 Å². The molecule has 6 heteroatoms. The van der Waals surface area contributed by atoms with Gasteiger partial charge in [-0.2, -0.15) is 0 Å². The first kappa shape index (κ1) is 14.4. The number of thioether (sulfide) groups is 1. The topological polar surface area (TPSA) is 46.6 Å². The second-order valence-electron chi connectivity index (χ2n) is 4.30. The largest absolute Gasteiger partial charge is 0.464 e. The van der Waals surface area contributed by atoms with Crippen LogP contribution < -0.4 is 0 Å². The van der Waals surface area contributed by atoms with Crippen LogP contribution in [-0.4, -0.2) is 41.1 Å². The number of carbonyl (C=O) groups is 2. The fourth-order valence-electron chi connectivity index (χ4n) is 1.85. The van der Waals surface area contributed by atoms with E-state index in [0.717, 1.165) is 11.3 Å². The van der Waals surface area contributed by atoms with Crippen molar-refractivity contribution in [2.24, 2.45) is 0 Å². The summed E-state index contributed by atoms with van der Waals surface area (Å²) in [5.74, 6) is 0.951. The first-order valence-electron chi connectivity index (χ1n) is 6.28. The zero-order valence-electron chi connectivity index (χ0n) is 10.8. The van der Waals surface area contributed by atoms with E-state index in [4.69, 9.17) is 4.74 Å². The number of hydrogen-bond acceptors (Lipinski definition) is 5. The molecule has 104 valence electrons. The zero-order chi connectivity index (χ0) is 13.7. The van der Waals surface area contributed by atoms with E-state index in [-0.39, 0.29) is 11.9 Å². The van der Waals surface area contributed by atoms with Crippen molar-refractivity contribution in [1.29, 1.82) is 0 Å². The van der Waals surface area contributed by atoms with Gasteiger partial charge in [-0.15, -0.1) is 23.1 Å². The van der Waals surface area contributed by atoms with Gasteiger partial charge in [-0.25, -0.2) is 4.79 Å². The molecule has 19 heavy (non-hydrogen) atoms. The van der Waals surface area contributed by atoms with Crippen LogP contribution in [0.25, 0.3) is 0 Å². The van der Waals surface area contributed by atoms with Gasteiger partial charge in [0.15, 0.2) is 0 Å². The number of esters is 1. The van der Waals surface area contributed by atoms with Gasteiger partial charge in [0.1, 0.15) is 6.04 Å². The van der Waals surface area contributed by atoms with Crippen molar-refractivity contribution in [3.05, 3.63) is 22.4 Å². The molecule has 0 spiro atoms. The van der Waals surface area contributed by atoms with E-state index in [1.165, 1.54) is 0 Å². The summed E-state index contributed by atoms with van der Waals surface area (Å²) in [7, 11) is 0. The summed E-state index contributed by atoms with van der Waals surface area (Å²) in [4.78, 5) is 26.8. The van der Waals surface area contributed by atoms with E-state index in [9.17, 15) is 9.59 Å². The lowest BCUT2D eigenvalue weighted by molar-refractivity contribution is -0.152. The van der Waals surface area contributed by atoms with Gasteiger partial charge >= 0.3 is 5.97 Å². The Kier molecular flexibility index (Phi) is 5.27. The second kappa shape index (κ2) is 6.96. The van der Waals surface area contributed by atoms with Gasteiger partial charge in [0.25, 0.3) is 0 Å². The van der Waals surface area contributed by atoms with Crippen molar-refractivity contribution in [3.8, 4) is 0 Å². The minimum Gasteiger partial charge on any atom is -0.464 e. The molecule has 1 aliphatic rings. The van der Waals surface area contributed by atoms with Crippen molar-refractivity contribution in [1.82, 2.24) is 4.90 Å². The quantitative estimate of drug-likeness (QED) is 0.782. The summed E-state index contributed by atoms with van der Waals surface area (Å²) >= 11 is 3.16. The molecule has 0 radical (unpaired) electrons. The van der Waals surface area contributed by atoms with E-state index in [1.54, 1.807) is 28.0 Å². The van der Waals surface area contributed by atoms with Crippen LogP contribution in [-0.2, 0) is 20.7 Å². The molecular formula is C13H17NO3S2. The second-order valence-corrected chi connectivity index (χ2v) is 6.33. The van der Waals surface area contributed by atoms with Crippen LogP contribution >= 0.6 is 23.1 Å². The number of ether oxygens (including phenoxy) is 1. The third-order valence-electron chi connectivity index (χ3n) is 2.83. The van der Waals surface area contributed by atoms with Crippen LogP contribution in [0.3, 0.4) is 0 Å². The Bertz CT molecular complexity index is 433. The summed E-state index contributed by atoms with van der Waals surface area (Å²) in [5.41, 5.74) is 0. The van der Waals surface area contributed by atoms with Crippen molar-refractivity contribution in [3.63, 3.8) is 0 Å². The highest BCUT2D eigenvalue weighted by Crippen LogP contribution is 2.23. The molecule has 0 bridgehead atoms. The van der Waals surface area contributed by atoms with Gasteiger partial charge in [-0.05, 0) is 17.9 Å². The van der Waals surface area contributed by atoms with Crippen molar-refractivity contribution >= 4 is 35.0 Å². The normalized spacial score (nSPS) is 18.6. The van der Waals surface area contributed by atoms with E-state index >= 15 is 0 Å². The molecule has 2 heterocycles. The monoisotopic (exact) mass is 299 g/mol. The maximum absolute atomic E-state index is 12.2. The lowest BCUT2D eigenvalue weighted by Gasteiger charge is -2.22. The molecule has 1 fully saturated rings. The van der Waals surface area contributed by atoms with Gasteiger partial charge in [0, 0.05) is 10.6 Å². The molecule has 1 aromatic rings. The van der Waals surface area contributed by atoms with Gasteiger partial charge in [0.05, 0.1) is 18.9 Å². The maximum Gasteiger partial charge on any atom is 0.329 e. The minimum absolute atomic E-state index is 0.00546. The van der Waals surface area contributed by atoms with E-state index in [2.05, 4.69) is 0 Å². The molecule has 0 aromatic carbocycles. The summed E-state index contributed by atoms with van der Waals surface area (Å²) < 4.78 is 5.15. The van der Waals surface area contributed by atoms with Crippen LogP contribution in [0.5, 0.6) is 0 Å². The van der Waals surface area contributed by atoms with Gasteiger partial charge in [-0.1, -0.05) is 13.0 Å². The third-order valence-corrected chi connectivity index (χ3v) is 4.72. The van der Waals surface area contributed by atoms with Crippen molar-refractivity contribution in [2.45, 2.75) is 25.8 Å². The van der Waals surface area contributed by atoms with Gasteiger partial charge < -0.3 is 9.64 Å². The number of thiophene rings is 1. The Morgan fingerprint density at radius 3 is 3.05 bits per heavy atom. The Balaban J connectivity index is 1.94. The maximum atomic E-state index is 12.2. The van der Waals surface area contributed by atoms with Gasteiger partial charge in [-0.3, -0.25) is 4.79 Å². The molecule has 1 aliphatic heterocycles. The lowest BCUT2D eigenvalue weighted by atomic mass is 10.2. The summed E-state index contributed by atoms with van der Waals surface area (Å²) in [6.07, 6.45) is 1.17. The molecular weight excluding hydrogens is 282 g/mol. The average molecular weight is 299 g/mol. The Morgan fingerprint density at radius 1 is 1.53 bits per heavy atom. The Hall–Kier alpha value is -1.01. The Morgan fingerprint density at radius 2 is 2.37 bits per heavy atom. The number of rotatable bonds is 5. The highest BCUT2D eigenvalue weighted by molar-refractivity contribution is 7.99. The van der Waals surface area contributed by atoms with Crippen molar-refractivity contribution in [2.75, 3.05) is 18.2 Å². The predicted molar refractivity (Wildman–Crippen MR) is 77.2 cm³/mol. The molecule has 1 atom stereocenters. The molecule has 1 saturated heterocycles. The van der Waals surface area contributed by atoms with Crippen LogP contribution in [0.15, 0.2) is 17.5 Å². The predicted octanol–water partition coefficient (Wildman–Crippen LogP) is 2.15. The minimum atomic E-state index is -0.413. The first-order chi connectivity index (χ1) is 9.22. The smallest absolute Gasteiger partial charge is 0.329 e. The molecule has 4 nitrogen and oxygen atoms in total. The fourth-order valence-corrected chi connectivity index (χ4v) is 3.71. The average Bonchev–Trinajstić information content (AvgIpc) is 3.05. The summed E-state index contributed by atoms with van der Waals surface area (Å²) in [6, 6.07) is 3.46. The van der Waals surface area contributed by atoms with Crippen LogP contribution in [0.1, 0.15) is 18.2 Å². The number of hydrogen-bond donors (Lipinski definition) is 0.